The molecule has 1 atom stereocenters. The van der Waals surface area contributed by atoms with Crippen LogP contribution in [-0.4, -0.2) is 95.3 Å². The van der Waals surface area contributed by atoms with Crippen LogP contribution in [0, 0.1) is 0 Å². The minimum absolute atomic E-state index is 0.00829. The van der Waals surface area contributed by atoms with E-state index in [4.69, 9.17) is 19.0 Å². The Kier molecular flexibility index (Phi) is 8.37. The number of H-pyrrole nitrogens is 1. The third-order valence-electron chi connectivity index (χ3n) is 5.88. The SMILES string of the molecule is CCOC(=O)CO/N=C(/C(=O)N1CCC(N2CC(COc3ccccc3)OC2=O)CC1)c1ccn[nH]1. The number of oxime groups is 1. The lowest BCUT2D eigenvalue weighted by Gasteiger charge is -2.35. The van der Waals surface area contributed by atoms with Crippen LogP contribution in [0.2, 0.25) is 0 Å². The summed E-state index contributed by atoms with van der Waals surface area (Å²) in [5, 5.41) is 10.5. The van der Waals surface area contributed by atoms with E-state index in [1.54, 1.807) is 22.8 Å². The molecule has 2 aliphatic rings. The summed E-state index contributed by atoms with van der Waals surface area (Å²) >= 11 is 0. The number of piperidine rings is 1. The fourth-order valence-electron chi connectivity index (χ4n) is 4.11. The number of hydrogen-bond donors (Lipinski definition) is 1. The average Bonchev–Trinajstić information content (AvgIpc) is 3.56. The Morgan fingerprint density at radius 3 is 2.67 bits per heavy atom. The Labute approximate surface area is 208 Å². The van der Waals surface area contributed by atoms with Crippen LogP contribution in [-0.2, 0) is 23.9 Å². The molecule has 36 heavy (non-hydrogen) atoms. The minimum Gasteiger partial charge on any atom is -0.490 e. The molecule has 3 heterocycles. The first-order valence-electron chi connectivity index (χ1n) is 11.8. The lowest BCUT2D eigenvalue weighted by Crippen LogP contribution is -2.49. The summed E-state index contributed by atoms with van der Waals surface area (Å²) in [6, 6.07) is 10.9. The molecule has 4 rings (SSSR count). The fourth-order valence-corrected chi connectivity index (χ4v) is 4.11. The lowest BCUT2D eigenvalue weighted by atomic mass is 10.0. The molecule has 2 amide bonds. The van der Waals surface area contributed by atoms with E-state index in [-0.39, 0.29) is 43.1 Å². The Morgan fingerprint density at radius 1 is 1.19 bits per heavy atom. The third-order valence-corrected chi connectivity index (χ3v) is 5.88. The maximum atomic E-state index is 13.2. The zero-order valence-electron chi connectivity index (χ0n) is 20.0. The molecule has 1 unspecified atom stereocenters. The van der Waals surface area contributed by atoms with Gasteiger partial charge in [0.2, 0.25) is 6.61 Å². The van der Waals surface area contributed by atoms with Gasteiger partial charge in [0.25, 0.3) is 5.91 Å². The van der Waals surface area contributed by atoms with Crippen LogP contribution in [0.3, 0.4) is 0 Å². The number of nitrogens with zero attached hydrogens (tertiary/aromatic N) is 4. The molecule has 0 spiro atoms. The summed E-state index contributed by atoms with van der Waals surface area (Å²) < 4.78 is 16.0. The number of likely N-dealkylation sites (tertiary alicyclic amines) is 1. The highest BCUT2D eigenvalue weighted by Gasteiger charge is 2.39. The number of carbonyl (C=O) groups is 3. The van der Waals surface area contributed by atoms with E-state index >= 15 is 0 Å². The summed E-state index contributed by atoms with van der Waals surface area (Å²) in [5.41, 5.74) is 0.379. The highest BCUT2D eigenvalue weighted by molar-refractivity contribution is 6.44. The van der Waals surface area contributed by atoms with Gasteiger partial charge in [-0.15, -0.1) is 0 Å². The van der Waals surface area contributed by atoms with Crippen molar-refractivity contribution < 1.29 is 33.4 Å². The molecule has 192 valence electrons. The van der Waals surface area contributed by atoms with E-state index in [0.29, 0.717) is 38.2 Å². The van der Waals surface area contributed by atoms with Gasteiger partial charge in [0.15, 0.2) is 11.8 Å². The molecule has 1 N–H and O–H groups in total. The van der Waals surface area contributed by atoms with Crippen molar-refractivity contribution in [2.45, 2.75) is 31.9 Å². The molecule has 2 aliphatic heterocycles. The topological polar surface area (TPSA) is 136 Å². The van der Waals surface area contributed by atoms with Crippen molar-refractivity contribution in [2.75, 3.05) is 39.5 Å². The van der Waals surface area contributed by atoms with Gasteiger partial charge < -0.3 is 28.8 Å². The predicted octanol–water partition coefficient (Wildman–Crippen LogP) is 1.58. The van der Waals surface area contributed by atoms with E-state index in [9.17, 15) is 14.4 Å². The smallest absolute Gasteiger partial charge is 0.410 e. The van der Waals surface area contributed by atoms with Crippen LogP contribution >= 0.6 is 0 Å². The number of aromatic nitrogens is 2. The number of esters is 1. The van der Waals surface area contributed by atoms with Crippen LogP contribution in [0.4, 0.5) is 4.79 Å². The first kappa shape index (κ1) is 25.0. The number of cyclic esters (lactones) is 1. The number of rotatable bonds is 10. The molecule has 2 fully saturated rings. The number of aromatic amines is 1. The summed E-state index contributed by atoms with van der Waals surface area (Å²) in [5.74, 6) is -0.220. The van der Waals surface area contributed by atoms with Gasteiger partial charge in [-0.25, -0.2) is 9.59 Å². The second kappa shape index (κ2) is 12.0. The molecule has 0 aliphatic carbocycles. The standard InChI is InChI=1S/C24H29N5O7/c1-2-33-21(30)16-35-27-22(20-8-11-25-26-20)23(31)28-12-9-17(10-13-28)29-14-19(36-24(29)32)15-34-18-6-4-3-5-7-18/h3-8,11,17,19H,2,9-10,12-16H2,1H3,(H,25,26)/b27-22+. The van der Waals surface area contributed by atoms with E-state index in [2.05, 4.69) is 15.4 Å². The molecular weight excluding hydrogens is 470 g/mol. The molecular formula is C24H29N5O7. The van der Waals surface area contributed by atoms with Crippen LogP contribution in [0.5, 0.6) is 5.75 Å². The number of nitrogens with one attached hydrogen (secondary N) is 1. The third kappa shape index (κ3) is 6.32. The van der Waals surface area contributed by atoms with Gasteiger partial charge in [0.05, 0.1) is 18.8 Å². The zero-order valence-corrected chi connectivity index (χ0v) is 20.0. The largest absolute Gasteiger partial charge is 0.490 e. The molecule has 0 radical (unpaired) electrons. The first-order chi connectivity index (χ1) is 17.5. The zero-order chi connectivity index (χ0) is 25.3. The van der Waals surface area contributed by atoms with E-state index in [1.807, 2.05) is 30.3 Å². The van der Waals surface area contributed by atoms with Crippen molar-refractivity contribution in [1.82, 2.24) is 20.0 Å². The van der Waals surface area contributed by atoms with Crippen LogP contribution in [0.25, 0.3) is 0 Å². The first-order valence-corrected chi connectivity index (χ1v) is 11.8. The quantitative estimate of drug-likeness (QED) is 0.296. The minimum atomic E-state index is -0.580. The summed E-state index contributed by atoms with van der Waals surface area (Å²) in [7, 11) is 0. The lowest BCUT2D eigenvalue weighted by molar-refractivity contribution is -0.148. The molecule has 12 nitrogen and oxygen atoms in total. The summed E-state index contributed by atoms with van der Waals surface area (Å²) in [6.45, 7) is 3.05. The van der Waals surface area contributed by atoms with Gasteiger partial charge in [0.1, 0.15) is 12.4 Å². The van der Waals surface area contributed by atoms with Gasteiger partial charge in [-0.2, -0.15) is 5.10 Å². The number of ether oxygens (including phenoxy) is 3. The van der Waals surface area contributed by atoms with Crippen LogP contribution in [0.1, 0.15) is 25.5 Å². The monoisotopic (exact) mass is 499 g/mol. The molecule has 12 heteroatoms. The van der Waals surface area contributed by atoms with E-state index in [0.717, 1.165) is 5.75 Å². The normalized spacial score (nSPS) is 18.6. The second-order valence-corrected chi connectivity index (χ2v) is 8.29. The Morgan fingerprint density at radius 2 is 1.97 bits per heavy atom. The summed E-state index contributed by atoms with van der Waals surface area (Å²) in [6.07, 6.45) is 1.95. The summed E-state index contributed by atoms with van der Waals surface area (Å²) in [4.78, 5) is 45.6. The van der Waals surface area contributed by atoms with Gasteiger partial charge in [-0.1, -0.05) is 23.4 Å². The molecule has 0 saturated carbocycles. The Bertz CT molecular complexity index is 1050. The second-order valence-electron chi connectivity index (χ2n) is 8.29. The molecule has 2 aromatic rings. The van der Waals surface area contributed by atoms with Gasteiger partial charge in [-0.05, 0) is 38.0 Å². The fraction of sp³-hybridized carbons (Fsp3) is 0.458. The highest BCUT2D eigenvalue weighted by atomic mass is 16.7. The van der Waals surface area contributed by atoms with Crippen molar-refractivity contribution in [1.29, 1.82) is 0 Å². The maximum absolute atomic E-state index is 13.2. The highest BCUT2D eigenvalue weighted by Crippen LogP contribution is 2.24. The van der Waals surface area contributed by atoms with Gasteiger partial charge in [-0.3, -0.25) is 9.89 Å². The van der Waals surface area contributed by atoms with Crippen molar-refractivity contribution in [3.05, 3.63) is 48.3 Å². The Hall–Kier alpha value is -4.09. The number of benzene rings is 1. The van der Waals surface area contributed by atoms with Crippen molar-refractivity contribution in [3.63, 3.8) is 0 Å². The molecule has 1 aromatic carbocycles. The van der Waals surface area contributed by atoms with Gasteiger partial charge >= 0.3 is 12.1 Å². The molecule has 0 bridgehead atoms. The molecule has 1 aromatic heterocycles. The number of para-hydroxylation sites is 1. The predicted molar refractivity (Wildman–Crippen MR) is 126 cm³/mol. The van der Waals surface area contributed by atoms with E-state index in [1.165, 1.54) is 6.20 Å². The van der Waals surface area contributed by atoms with Crippen LogP contribution < -0.4 is 4.74 Å². The van der Waals surface area contributed by atoms with Crippen molar-refractivity contribution >= 4 is 23.7 Å². The molecule has 2 saturated heterocycles. The van der Waals surface area contributed by atoms with Crippen molar-refractivity contribution in [2.24, 2.45) is 5.16 Å². The number of carbonyl (C=O) groups excluding carboxylic acids is 3. The number of hydrogen-bond acceptors (Lipinski definition) is 9. The van der Waals surface area contributed by atoms with Crippen LogP contribution in [0.15, 0.2) is 47.8 Å². The maximum Gasteiger partial charge on any atom is 0.410 e. The average molecular weight is 500 g/mol. The Balaban J connectivity index is 1.30. The van der Waals surface area contributed by atoms with Crippen molar-refractivity contribution in [3.8, 4) is 5.75 Å². The van der Waals surface area contributed by atoms with E-state index < -0.39 is 12.6 Å². The number of amides is 2. The van der Waals surface area contributed by atoms with Gasteiger partial charge in [0, 0.05) is 25.3 Å².